The highest BCUT2D eigenvalue weighted by atomic mass is 16.6. The SMILES string of the molecule is CCOC(=O)C1(C(=O)OCC)C23c4c5c6c7c8c9c%10c%11c%12c%13c%14c%15c(c6c6c4c4c%16c%17c%18c(c%19c%20c2c5c8c2c%20c5c%19c8c%19c%20c(c%21c%12c%12c%22c%23c(c(c%188)C%198C(C(=O)OCC)(C(=O)OCC)C%21%228)c%17c8c4c6c%15c(c%12%14)c%238)c%11c(c92)c%205)C%1613)C71C(C(=O)OCC)(C(=O)OCC)C%13%101. The molecule has 35 rings (SSSR count). The summed E-state index contributed by atoms with van der Waals surface area (Å²) >= 11 is 0. The average molecular weight is 1200 g/mol. The molecule has 12 heteroatoms. The van der Waals surface area contributed by atoms with Gasteiger partial charge in [0.1, 0.15) is 0 Å². The van der Waals surface area contributed by atoms with E-state index in [4.69, 9.17) is 28.4 Å². The van der Waals surface area contributed by atoms with Crippen molar-refractivity contribution in [1.29, 1.82) is 0 Å². The molecule has 3 saturated carbocycles. The molecule has 3 fully saturated rings. The van der Waals surface area contributed by atoms with Gasteiger partial charge >= 0.3 is 35.8 Å². The van der Waals surface area contributed by atoms with Crippen LogP contribution in [0.5, 0.6) is 0 Å². The summed E-state index contributed by atoms with van der Waals surface area (Å²) < 4.78 is 40.4. The van der Waals surface area contributed by atoms with Gasteiger partial charge in [0.05, 0.1) is 72.1 Å². The normalized spacial score (nSPS) is 28.7. The molecular weight excluding hydrogens is 1160 g/mol. The van der Waals surface area contributed by atoms with Gasteiger partial charge in [0, 0.05) is 0 Å². The molecule has 12 nitrogen and oxygen atoms in total. The lowest BCUT2D eigenvalue weighted by Crippen LogP contribution is -2.38. The van der Waals surface area contributed by atoms with Crippen molar-refractivity contribution in [2.45, 2.75) is 74.0 Å². The van der Waals surface area contributed by atoms with Crippen LogP contribution >= 0.6 is 0 Å². The molecule has 6 unspecified atom stereocenters. The van der Waals surface area contributed by atoms with Crippen LogP contribution in [0, 0.1) is 16.2 Å². The number of carbonyl (C=O) groups is 6. The Kier molecular flexibility index (Phi) is 4.27. The molecule has 6 atom stereocenters. The first-order chi connectivity index (χ1) is 45.6. The molecule has 0 amide bonds. The van der Waals surface area contributed by atoms with Crippen molar-refractivity contribution >= 4 is 262 Å². The predicted molar refractivity (Wildman–Crippen MR) is 347 cm³/mol. The number of benzene rings is 14. The van der Waals surface area contributed by atoms with Gasteiger partial charge in [-0.25, -0.2) is 0 Å². The molecule has 426 valence electrons. The Bertz CT molecular complexity index is 6870. The molecule has 15 aliphatic carbocycles. The first-order valence-corrected chi connectivity index (χ1v) is 33.9. The first kappa shape index (κ1) is 41.3. The van der Waals surface area contributed by atoms with Crippen molar-refractivity contribution in [2.24, 2.45) is 16.2 Å². The van der Waals surface area contributed by atoms with Crippen LogP contribution in [0.2, 0.25) is 0 Å². The highest BCUT2D eigenvalue weighted by Crippen LogP contribution is 3.03. The van der Waals surface area contributed by atoms with Crippen LogP contribution < -0.4 is 0 Å². The summed E-state index contributed by atoms with van der Waals surface area (Å²) in [7, 11) is 0. The van der Waals surface area contributed by atoms with Crippen molar-refractivity contribution in [1.82, 2.24) is 0 Å². The minimum Gasteiger partial charge on any atom is -0.465 e. The van der Waals surface area contributed by atoms with E-state index >= 15 is 28.8 Å². The molecule has 0 heterocycles. The van der Waals surface area contributed by atoms with Crippen molar-refractivity contribution in [3.63, 3.8) is 0 Å². The van der Waals surface area contributed by atoms with E-state index in [0.717, 1.165) is 261 Å². The summed E-state index contributed by atoms with van der Waals surface area (Å²) in [5.74, 6) is -3.53. The predicted octanol–water partition coefficient (Wildman–Crippen LogP) is 13.8. The summed E-state index contributed by atoms with van der Waals surface area (Å²) in [5.41, 5.74) is -2.44. The number of hydrogen-bond acceptors (Lipinski definition) is 12. The van der Waals surface area contributed by atoms with Crippen molar-refractivity contribution < 1.29 is 57.2 Å². The van der Waals surface area contributed by atoms with E-state index in [0.29, 0.717) is 0 Å². The molecule has 6 spiro atoms. The topological polar surface area (TPSA) is 158 Å². The lowest BCUT2D eigenvalue weighted by Gasteiger charge is -2.32. The van der Waals surface area contributed by atoms with E-state index in [1.54, 1.807) is 0 Å². The second kappa shape index (κ2) is 9.60. The van der Waals surface area contributed by atoms with Crippen molar-refractivity contribution in [2.75, 3.05) is 39.6 Å². The van der Waals surface area contributed by atoms with Crippen LogP contribution in [0.3, 0.4) is 0 Å². The maximum atomic E-state index is 17.2. The third-order valence-electron chi connectivity index (χ3n) is 31.6. The maximum Gasteiger partial charge on any atom is 0.326 e. The molecule has 0 bridgehead atoms. The molecule has 15 aliphatic rings. The molecule has 93 heavy (non-hydrogen) atoms. The van der Waals surface area contributed by atoms with E-state index in [1.165, 1.54) is 32.3 Å². The lowest BCUT2D eigenvalue weighted by molar-refractivity contribution is -0.167. The Labute approximate surface area is 513 Å². The van der Waals surface area contributed by atoms with Gasteiger partial charge < -0.3 is 28.4 Å². The average Bonchev–Trinajstić information content (AvgIpc) is 1.34. The third-order valence-corrected chi connectivity index (χ3v) is 31.6. The first-order valence-electron chi connectivity index (χ1n) is 33.9. The fraction of sp³-hybridized carbons (Fsp3) is 0.259. The maximum absolute atomic E-state index is 17.2. The van der Waals surface area contributed by atoms with Crippen LogP contribution in [0.25, 0.3) is 226 Å². The molecule has 0 aromatic heterocycles. The summed E-state index contributed by atoms with van der Waals surface area (Å²) in [4.78, 5) is 103. The molecule has 0 saturated heterocycles. The van der Waals surface area contributed by atoms with Crippen molar-refractivity contribution in [3.8, 4) is 0 Å². The number of hydrogen-bond donors (Lipinski definition) is 0. The molecule has 0 radical (unpaired) electrons. The second-order valence-corrected chi connectivity index (χ2v) is 31.3. The molecule has 20 aromatic rings. The third kappa shape index (κ3) is 2.16. The Balaban J connectivity index is 1.03. The van der Waals surface area contributed by atoms with E-state index in [9.17, 15) is 0 Å². The minimum absolute atomic E-state index is 0.0278. The molecular formula is C81H30O12. The highest BCUT2D eigenvalue weighted by molar-refractivity contribution is 6.73. The smallest absolute Gasteiger partial charge is 0.326 e. The number of carbonyl (C=O) groups excluding carboxylic acids is 6. The zero-order valence-electron chi connectivity index (χ0n) is 49.6. The quantitative estimate of drug-likeness (QED) is 0.0494. The summed E-state index contributed by atoms with van der Waals surface area (Å²) in [6.45, 7) is 11.2. The van der Waals surface area contributed by atoms with E-state index in [2.05, 4.69) is 0 Å². The van der Waals surface area contributed by atoms with Gasteiger partial charge in [-0.2, -0.15) is 0 Å². The monoisotopic (exact) mass is 1190 g/mol. The highest BCUT2D eigenvalue weighted by Gasteiger charge is 3.06. The number of ether oxygens (including phenoxy) is 6. The van der Waals surface area contributed by atoms with Crippen LogP contribution in [-0.4, -0.2) is 75.5 Å². The number of esters is 6. The zero-order valence-corrected chi connectivity index (χ0v) is 49.6. The number of rotatable bonds is 12. The van der Waals surface area contributed by atoms with E-state index < -0.39 is 84.6 Å². The fourth-order valence-electron chi connectivity index (χ4n) is 32.2. The van der Waals surface area contributed by atoms with Gasteiger partial charge in [-0.05, 0) is 335 Å². The summed E-state index contributed by atoms with van der Waals surface area (Å²) in [6, 6.07) is 0. The van der Waals surface area contributed by atoms with Gasteiger partial charge in [0.25, 0.3) is 0 Å². The largest absolute Gasteiger partial charge is 0.465 e. The Morgan fingerprint density at radius 3 is 0.366 bits per heavy atom. The van der Waals surface area contributed by atoms with Gasteiger partial charge in [-0.1, -0.05) is 0 Å². The van der Waals surface area contributed by atoms with E-state index in [-0.39, 0.29) is 39.6 Å². The fourth-order valence-corrected chi connectivity index (χ4v) is 32.2. The van der Waals surface area contributed by atoms with Crippen LogP contribution in [-0.2, 0) is 89.7 Å². The van der Waals surface area contributed by atoms with Crippen LogP contribution in [0.4, 0.5) is 0 Å². The van der Waals surface area contributed by atoms with Crippen molar-refractivity contribution in [3.05, 3.63) is 66.8 Å². The minimum atomic E-state index is -2.00. The summed E-state index contributed by atoms with van der Waals surface area (Å²) in [6.07, 6.45) is 0. The van der Waals surface area contributed by atoms with Crippen LogP contribution in [0.15, 0.2) is 0 Å². The molecule has 20 aromatic carbocycles. The Morgan fingerprint density at radius 1 is 0.172 bits per heavy atom. The second-order valence-electron chi connectivity index (χ2n) is 31.3. The molecule has 0 N–H and O–H groups in total. The Hall–Kier alpha value is -10.2. The van der Waals surface area contributed by atoms with Gasteiger partial charge in [-0.15, -0.1) is 0 Å². The standard InChI is InChI=1S/C81H30O12/c1-7-88-67(82)79(68(83)89-8-2)73-55-32-20-14-22-18-23-15(20)27-39-33(23)59-47-30(18)42-36(22)58-46-26(14)38(32)62-50-44-28-16-19-13-21-17-24(16)34-40(28)64(52(46)50)76(58)78(81(76,71(86)92-11-5)72(87)93-12-6)60(34)48-29(17)41-35(21)57-45-25(13)37(31(19)56(44)74(62,73)79)61(73)49(43(27)55)51(45)63(39)75(57)77(59,65(41)53(47)54(48)66(42)78)80(75,69(84)90-9-3)70(85)91-10-4/h7-12H2,1-6H3. The van der Waals surface area contributed by atoms with Gasteiger partial charge in [0.15, 0.2) is 16.2 Å². The summed E-state index contributed by atoms with van der Waals surface area (Å²) in [5, 5.41) is 46.1. The lowest BCUT2D eigenvalue weighted by atomic mass is 9.67. The Morgan fingerprint density at radius 2 is 0.258 bits per heavy atom. The zero-order chi connectivity index (χ0) is 59.6. The molecule has 0 aliphatic heterocycles. The van der Waals surface area contributed by atoms with E-state index in [1.807, 2.05) is 41.5 Å². The van der Waals surface area contributed by atoms with Gasteiger partial charge in [0.2, 0.25) is 0 Å². The van der Waals surface area contributed by atoms with Gasteiger partial charge in [-0.3, -0.25) is 28.8 Å². The van der Waals surface area contributed by atoms with Crippen LogP contribution in [0.1, 0.15) is 108 Å².